The van der Waals surface area contributed by atoms with E-state index < -0.39 is 6.29 Å². The van der Waals surface area contributed by atoms with E-state index in [1.807, 2.05) is 6.07 Å². The third kappa shape index (κ3) is 2.46. The van der Waals surface area contributed by atoms with E-state index in [0.29, 0.717) is 17.7 Å². The van der Waals surface area contributed by atoms with Crippen molar-refractivity contribution < 1.29 is 9.84 Å². The van der Waals surface area contributed by atoms with Gasteiger partial charge in [-0.3, -0.25) is 0 Å². The molecule has 1 rings (SSSR count). The van der Waals surface area contributed by atoms with Crippen molar-refractivity contribution in [2.75, 3.05) is 0 Å². The third-order valence-electron chi connectivity index (χ3n) is 1.62. The van der Waals surface area contributed by atoms with Crippen LogP contribution in [-0.2, 0) is 0 Å². The molecule has 0 saturated carbocycles. The second-order valence-corrected chi connectivity index (χ2v) is 2.59. The summed E-state index contributed by atoms with van der Waals surface area (Å²) in [5, 5.41) is 17.9. The molecule has 3 heteroatoms. The first-order chi connectivity index (χ1) is 6.27. The van der Waals surface area contributed by atoms with Crippen molar-refractivity contribution in [2.45, 2.75) is 19.6 Å². The maximum atomic E-state index is 9.20. The van der Waals surface area contributed by atoms with E-state index in [1.54, 1.807) is 31.2 Å². The summed E-state index contributed by atoms with van der Waals surface area (Å²) in [6, 6.07) is 8.82. The fourth-order valence-corrected chi connectivity index (χ4v) is 0.892. The first-order valence-electron chi connectivity index (χ1n) is 4.11. The van der Waals surface area contributed by atoms with Gasteiger partial charge >= 0.3 is 0 Å². The summed E-state index contributed by atoms with van der Waals surface area (Å²) < 4.78 is 5.12. The van der Waals surface area contributed by atoms with Crippen LogP contribution in [0.15, 0.2) is 24.3 Å². The smallest absolute Gasteiger partial charge is 0.197 e. The molecule has 1 N–H and O–H groups in total. The molecule has 0 saturated heterocycles. The van der Waals surface area contributed by atoms with Gasteiger partial charge in [-0.2, -0.15) is 5.26 Å². The molecular weight excluding hydrogens is 166 g/mol. The zero-order chi connectivity index (χ0) is 9.68. The lowest BCUT2D eigenvalue weighted by Gasteiger charge is -2.11. The molecule has 0 fully saturated rings. The van der Waals surface area contributed by atoms with Crippen LogP contribution in [0.3, 0.4) is 0 Å². The molecule has 1 unspecified atom stereocenters. The number of rotatable bonds is 3. The molecule has 68 valence electrons. The van der Waals surface area contributed by atoms with Crippen molar-refractivity contribution >= 4 is 0 Å². The summed E-state index contributed by atoms with van der Waals surface area (Å²) in [6.07, 6.45) is -0.339. The monoisotopic (exact) mass is 177 g/mol. The summed E-state index contributed by atoms with van der Waals surface area (Å²) in [6.45, 7) is 1.81. The molecule has 0 bridgehead atoms. The van der Waals surface area contributed by atoms with Gasteiger partial charge in [0.05, 0.1) is 5.56 Å². The highest BCUT2D eigenvalue weighted by atomic mass is 16.6. The number of aliphatic hydroxyl groups is 1. The molecule has 0 heterocycles. The molecule has 0 aromatic heterocycles. The molecule has 0 aliphatic heterocycles. The number of nitrogens with zero attached hydrogens (tertiary/aromatic N) is 1. The second-order valence-electron chi connectivity index (χ2n) is 2.59. The SMILES string of the molecule is CCC(O)Oc1ccccc1C#N. The van der Waals surface area contributed by atoms with Crippen LogP contribution in [0.4, 0.5) is 0 Å². The summed E-state index contributed by atoms with van der Waals surface area (Å²) in [7, 11) is 0. The van der Waals surface area contributed by atoms with Gasteiger partial charge < -0.3 is 9.84 Å². The molecule has 0 spiro atoms. The predicted molar refractivity (Wildman–Crippen MR) is 48.1 cm³/mol. The van der Waals surface area contributed by atoms with E-state index >= 15 is 0 Å². The molecule has 0 radical (unpaired) electrons. The van der Waals surface area contributed by atoms with Gasteiger partial charge in [0, 0.05) is 6.42 Å². The van der Waals surface area contributed by atoms with Gasteiger partial charge in [-0.25, -0.2) is 0 Å². The minimum Gasteiger partial charge on any atom is -0.464 e. The van der Waals surface area contributed by atoms with E-state index in [-0.39, 0.29) is 0 Å². The Balaban J connectivity index is 2.82. The average molecular weight is 177 g/mol. The first-order valence-corrected chi connectivity index (χ1v) is 4.11. The van der Waals surface area contributed by atoms with Crippen LogP contribution in [0.2, 0.25) is 0 Å². The van der Waals surface area contributed by atoms with Crippen LogP contribution < -0.4 is 4.74 Å². The van der Waals surface area contributed by atoms with Crippen LogP contribution in [0.1, 0.15) is 18.9 Å². The van der Waals surface area contributed by atoms with Crippen LogP contribution in [0.25, 0.3) is 0 Å². The lowest BCUT2D eigenvalue weighted by atomic mass is 10.2. The Hall–Kier alpha value is -1.53. The zero-order valence-electron chi connectivity index (χ0n) is 7.40. The normalized spacial score (nSPS) is 11.8. The van der Waals surface area contributed by atoms with E-state index in [9.17, 15) is 5.11 Å². The Morgan fingerprint density at radius 3 is 2.85 bits per heavy atom. The van der Waals surface area contributed by atoms with Gasteiger partial charge in [0.2, 0.25) is 0 Å². The molecular formula is C10H11NO2. The van der Waals surface area contributed by atoms with Gasteiger partial charge in [0.25, 0.3) is 0 Å². The standard InChI is InChI=1S/C10H11NO2/c1-2-10(12)13-9-6-4-3-5-8(9)7-11/h3-6,10,12H,2H2,1H3. The highest BCUT2D eigenvalue weighted by molar-refractivity contribution is 5.42. The molecule has 0 aliphatic carbocycles. The minimum atomic E-state index is -0.838. The molecule has 13 heavy (non-hydrogen) atoms. The van der Waals surface area contributed by atoms with Crippen molar-refractivity contribution in [1.82, 2.24) is 0 Å². The number of para-hydroxylation sites is 1. The van der Waals surface area contributed by atoms with Crippen LogP contribution in [0.5, 0.6) is 5.75 Å². The number of nitriles is 1. The molecule has 3 nitrogen and oxygen atoms in total. The molecule has 0 amide bonds. The van der Waals surface area contributed by atoms with Gasteiger partial charge in [-0.1, -0.05) is 19.1 Å². The highest BCUT2D eigenvalue weighted by Gasteiger charge is 2.06. The maximum Gasteiger partial charge on any atom is 0.197 e. The van der Waals surface area contributed by atoms with Crippen LogP contribution >= 0.6 is 0 Å². The number of ether oxygens (including phenoxy) is 1. The quantitative estimate of drug-likeness (QED) is 0.714. The Kier molecular flexibility index (Phi) is 3.30. The molecule has 0 aliphatic rings. The van der Waals surface area contributed by atoms with Gasteiger partial charge in [0.15, 0.2) is 6.29 Å². The van der Waals surface area contributed by atoms with Crippen molar-refractivity contribution in [3.63, 3.8) is 0 Å². The lowest BCUT2D eigenvalue weighted by Crippen LogP contribution is -2.14. The Morgan fingerprint density at radius 1 is 1.54 bits per heavy atom. The van der Waals surface area contributed by atoms with Crippen molar-refractivity contribution in [2.24, 2.45) is 0 Å². The van der Waals surface area contributed by atoms with Crippen molar-refractivity contribution in [1.29, 1.82) is 5.26 Å². The van der Waals surface area contributed by atoms with E-state index in [4.69, 9.17) is 10.00 Å². The first kappa shape index (κ1) is 9.56. The Labute approximate surface area is 77.2 Å². The predicted octanol–water partition coefficient (Wildman–Crippen LogP) is 1.67. The number of benzene rings is 1. The minimum absolute atomic E-state index is 0.430. The van der Waals surface area contributed by atoms with Crippen LogP contribution in [0, 0.1) is 11.3 Å². The van der Waals surface area contributed by atoms with Crippen molar-refractivity contribution in [3.8, 4) is 11.8 Å². The van der Waals surface area contributed by atoms with Crippen LogP contribution in [-0.4, -0.2) is 11.4 Å². The number of hydrogen-bond donors (Lipinski definition) is 1. The third-order valence-corrected chi connectivity index (χ3v) is 1.62. The van der Waals surface area contributed by atoms with Gasteiger partial charge in [0.1, 0.15) is 11.8 Å². The molecule has 1 aromatic carbocycles. The fourth-order valence-electron chi connectivity index (χ4n) is 0.892. The Morgan fingerprint density at radius 2 is 2.23 bits per heavy atom. The largest absolute Gasteiger partial charge is 0.464 e. The number of hydrogen-bond acceptors (Lipinski definition) is 3. The molecule has 1 atom stereocenters. The summed E-state index contributed by atoms with van der Waals surface area (Å²) >= 11 is 0. The summed E-state index contributed by atoms with van der Waals surface area (Å²) in [5.74, 6) is 0.430. The fraction of sp³-hybridized carbons (Fsp3) is 0.300. The topological polar surface area (TPSA) is 53.2 Å². The van der Waals surface area contributed by atoms with E-state index in [1.165, 1.54) is 0 Å². The van der Waals surface area contributed by atoms with Gasteiger partial charge in [-0.15, -0.1) is 0 Å². The second kappa shape index (κ2) is 4.48. The summed E-state index contributed by atoms with van der Waals surface area (Å²) in [4.78, 5) is 0. The Bertz CT molecular complexity index is 317. The zero-order valence-corrected chi connectivity index (χ0v) is 7.40. The summed E-state index contributed by atoms with van der Waals surface area (Å²) in [5.41, 5.74) is 0.440. The number of aliphatic hydroxyl groups excluding tert-OH is 1. The molecule has 1 aromatic rings. The van der Waals surface area contributed by atoms with E-state index in [2.05, 4.69) is 0 Å². The van der Waals surface area contributed by atoms with E-state index in [0.717, 1.165) is 0 Å². The highest BCUT2D eigenvalue weighted by Crippen LogP contribution is 2.17. The van der Waals surface area contributed by atoms with Gasteiger partial charge in [-0.05, 0) is 12.1 Å². The van der Waals surface area contributed by atoms with Crippen molar-refractivity contribution in [3.05, 3.63) is 29.8 Å². The lowest BCUT2D eigenvalue weighted by molar-refractivity contribution is -0.0193. The maximum absolute atomic E-state index is 9.20. The average Bonchev–Trinajstić information content (AvgIpc) is 2.18.